The first-order valence-electron chi connectivity index (χ1n) is 6.45. The van der Waals surface area contributed by atoms with Crippen molar-refractivity contribution in [2.24, 2.45) is 16.2 Å². The van der Waals surface area contributed by atoms with Gasteiger partial charge < -0.3 is 15.9 Å². The molecule has 0 amide bonds. The summed E-state index contributed by atoms with van der Waals surface area (Å²) in [5.41, 5.74) is 2.59. The maximum atomic E-state index is 11.5. The number of nitrogens with two attached hydrogens (primary N) is 1. The predicted octanol–water partition coefficient (Wildman–Crippen LogP) is 3.70. The highest BCUT2D eigenvalue weighted by Crippen LogP contribution is 2.27. The number of nitrogens with zero attached hydrogens (tertiary/aromatic N) is 2. The van der Waals surface area contributed by atoms with Crippen molar-refractivity contribution >= 4 is 28.9 Å². The van der Waals surface area contributed by atoms with Gasteiger partial charge in [-0.1, -0.05) is 29.0 Å². The first kappa shape index (κ1) is 15.8. The molecule has 7 heteroatoms. The molecule has 0 spiro atoms. The van der Waals surface area contributed by atoms with E-state index < -0.39 is 5.97 Å². The lowest BCUT2D eigenvalue weighted by molar-refractivity contribution is 0.0601. The zero-order chi connectivity index (χ0) is 15.9. The third-order valence-electron chi connectivity index (χ3n) is 2.98. The van der Waals surface area contributed by atoms with Crippen molar-refractivity contribution in [3.63, 3.8) is 0 Å². The van der Waals surface area contributed by atoms with E-state index in [1.54, 1.807) is 18.2 Å². The van der Waals surface area contributed by atoms with Crippen LogP contribution in [0.15, 0.2) is 52.8 Å². The molecule has 0 fully saturated rings. The number of anilines is 1. The molecule has 0 saturated heterocycles. The molecule has 0 atom stereocenters. The first-order chi connectivity index (χ1) is 10.6. The molecule has 2 aromatic rings. The molecule has 0 aromatic heterocycles. The number of nitrogens with one attached hydrogen (secondary N) is 1. The van der Waals surface area contributed by atoms with Crippen LogP contribution in [0.2, 0.25) is 5.02 Å². The number of ether oxygens (including phenoxy) is 1. The summed E-state index contributed by atoms with van der Waals surface area (Å²) in [7, 11) is 1.32. The van der Waals surface area contributed by atoms with Crippen molar-refractivity contribution in [2.75, 3.05) is 12.4 Å². The third kappa shape index (κ3) is 3.95. The molecule has 0 unspecified atom stereocenters. The molecular formula is C15H15ClN4O2. The van der Waals surface area contributed by atoms with Gasteiger partial charge in [0.25, 0.3) is 0 Å². The number of carbonyl (C=O) groups is 1. The fraction of sp³-hybridized carbons (Fsp3) is 0.133. The lowest BCUT2D eigenvalue weighted by Gasteiger charge is -2.10. The van der Waals surface area contributed by atoms with Gasteiger partial charge in [0, 0.05) is 11.6 Å². The monoisotopic (exact) mass is 318 g/mol. The maximum absolute atomic E-state index is 11.5. The molecule has 22 heavy (non-hydrogen) atoms. The minimum absolute atomic E-state index is 0.377. The fourth-order valence-electron chi connectivity index (χ4n) is 1.87. The molecule has 0 aliphatic carbocycles. The summed E-state index contributed by atoms with van der Waals surface area (Å²) in [5.74, 6) is 4.67. The molecule has 0 bridgehead atoms. The van der Waals surface area contributed by atoms with Crippen molar-refractivity contribution in [3.8, 4) is 0 Å². The molecule has 3 N–H and O–H groups in total. The predicted molar refractivity (Wildman–Crippen MR) is 85.3 cm³/mol. The molecule has 6 nitrogen and oxygen atoms in total. The number of halogens is 1. The maximum Gasteiger partial charge on any atom is 0.337 e. The Bertz CT molecular complexity index is 686. The molecule has 0 aliphatic heterocycles. The normalized spacial score (nSPS) is 10.6. The van der Waals surface area contributed by atoms with Gasteiger partial charge in [0.15, 0.2) is 0 Å². The molecule has 0 heterocycles. The van der Waals surface area contributed by atoms with Crippen LogP contribution in [-0.4, -0.2) is 13.1 Å². The van der Waals surface area contributed by atoms with Gasteiger partial charge >= 0.3 is 5.97 Å². The Morgan fingerprint density at radius 2 is 2.00 bits per heavy atom. The van der Waals surface area contributed by atoms with Crippen LogP contribution in [0, 0.1) is 0 Å². The largest absolute Gasteiger partial charge is 0.465 e. The molecule has 0 aliphatic rings. The fourth-order valence-corrected chi connectivity index (χ4v) is 2.00. The van der Waals surface area contributed by atoms with Crippen LogP contribution < -0.4 is 11.2 Å². The van der Waals surface area contributed by atoms with Crippen LogP contribution in [-0.2, 0) is 11.3 Å². The molecular weight excluding hydrogens is 304 g/mol. The second-order valence-electron chi connectivity index (χ2n) is 4.42. The molecule has 114 valence electrons. The van der Waals surface area contributed by atoms with Gasteiger partial charge in [0.2, 0.25) is 0 Å². The Morgan fingerprint density at radius 1 is 1.27 bits per heavy atom. The van der Waals surface area contributed by atoms with Gasteiger partial charge in [-0.05, 0) is 35.9 Å². The average Bonchev–Trinajstić information content (AvgIpc) is 2.54. The van der Waals surface area contributed by atoms with E-state index in [4.69, 9.17) is 17.4 Å². The van der Waals surface area contributed by atoms with Crippen molar-refractivity contribution in [1.29, 1.82) is 0 Å². The molecule has 2 rings (SSSR count). The topological polar surface area (TPSA) is 89.1 Å². The summed E-state index contributed by atoms with van der Waals surface area (Å²) >= 11 is 5.85. The highest BCUT2D eigenvalue weighted by atomic mass is 35.5. The van der Waals surface area contributed by atoms with E-state index >= 15 is 0 Å². The van der Waals surface area contributed by atoms with Crippen molar-refractivity contribution in [3.05, 3.63) is 58.6 Å². The molecule has 2 aromatic carbocycles. The summed E-state index contributed by atoms with van der Waals surface area (Å²) in [6, 6.07) is 12.4. The van der Waals surface area contributed by atoms with Crippen molar-refractivity contribution in [1.82, 2.24) is 0 Å². The number of benzene rings is 2. The minimum Gasteiger partial charge on any atom is -0.465 e. The minimum atomic E-state index is -0.447. The van der Waals surface area contributed by atoms with Crippen molar-refractivity contribution in [2.45, 2.75) is 6.54 Å². The van der Waals surface area contributed by atoms with Gasteiger partial charge in [-0.25, -0.2) is 4.79 Å². The quantitative estimate of drug-likeness (QED) is 0.381. The van der Waals surface area contributed by atoms with Crippen LogP contribution in [0.3, 0.4) is 0 Å². The Kier molecular flexibility index (Phi) is 5.32. The van der Waals surface area contributed by atoms with E-state index in [0.717, 1.165) is 5.56 Å². The summed E-state index contributed by atoms with van der Waals surface area (Å²) in [6.07, 6.45) is 0. The third-order valence-corrected chi connectivity index (χ3v) is 3.23. The standard InChI is InChI=1S/C15H15ClN4O2/c1-22-15(21)11-4-7-13(14(8-11)19-20-17)18-9-10-2-5-12(16)6-3-10/h2-8,18H,9H2,1H3,(H2,17,19). The van der Waals surface area contributed by atoms with Gasteiger partial charge in [0.05, 0.1) is 18.4 Å². The van der Waals surface area contributed by atoms with Gasteiger partial charge in [-0.3, -0.25) is 0 Å². The van der Waals surface area contributed by atoms with Crippen LogP contribution in [0.4, 0.5) is 11.4 Å². The number of hydrogen-bond acceptors (Lipinski definition) is 5. The lowest BCUT2D eigenvalue weighted by Crippen LogP contribution is -2.03. The van der Waals surface area contributed by atoms with Gasteiger partial charge in [-0.2, -0.15) is 0 Å². The molecule has 0 radical (unpaired) electrons. The van der Waals surface area contributed by atoms with E-state index in [0.29, 0.717) is 28.5 Å². The number of methoxy groups -OCH3 is 1. The number of esters is 1. The van der Waals surface area contributed by atoms with Crippen LogP contribution in [0.25, 0.3) is 0 Å². The van der Waals surface area contributed by atoms with Crippen LogP contribution >= 0.6 is 11.6 Å². The Labute approximate surface area is 132 Å². The number of carbonyl (C=O) groups excluding carboxylic acids is 1. The van der Waals surface area contributed by atoms with E-state index in [1.807, 2.05) is 24.3 Å². The Balaban J connectivity index is 2.18. The van der Waals surface area contributed by atoms with E-state index in [1.165, 1.54) is 7.11 Å². The van der Waals surface area contributed by atoms with Crippen molar-refractivity contribution < 1.29 is 9.53 Å². The zero-order valence-corrected chi connectivity index (χ0v) is 12.7. The summed E-state index contributed by atoms with van der Waals surface area (Å²) in [6.45, 7) is 0.571. The summed E-state index contributed by atoms with van der Waals surface area (Å²) in [4.78, 5) is 11.5. The summed E-state index contributed by atoms with van der Waals surface area (Å²) in [5, 5.41) is 11.0. The van der Waals surface area contributed by atoms with Crippen LogP contribution in [0.5, 0.6) is 0 Å². The average molecular weight is 319 g/mol. The first-order valence-corrected chi connectivity index (χ1v) is 6.83. The van der Waals surface area contributed by atoms with E-state index in [2.05, 4.69) is 20.4 Å². The molecule has 0 saturated carbocycles. The van der Waals surface area contributed by atoms with E-state index in [-0.39, 0.29) is 0 Å². The van der Waals surface area contributed by atoms with Gasteiger partial charge in [0.1, 0.15) is 5.69 Å². The SMILES string of the molecule is COC(=O)c1ccc(NCc2ccc(Cl)cc2)c(N=NN)c1. The lowest BCUT2D eigenvalue weighted by atomic mass is 10.1. The Morgan fingerprint density at radius 3 is 2.64 bits per heavy atom. The zero-order valence-electron chi connectivity index (χ0n) is 11.9. The van der Waals surface area contributed by atoms with Crippen LogP contribution in [0.1, 0.15) is 15.9 Å². The van der Waals surface area contributed by atoms with Gasteiger partial charge in [-0.15, -0.1) is 5.11 Å². The number of hydrogen-bond donors (Lipinski definition) is 2. The second-order valence-corrected chi connectivity index (χ2v) is 4.86. The van der Waals surface area contributed by atoms with E-state index in [9.17, 15) is 4.79 Å². The highest BCUT2D eigenvalue weighted by molar-refractivity contribution is 6.30. The smallest absolute Gasteiger partial charge is 0.337 e. The number of rotatable bonds is 5. The highest BCUT2D eigenvalue weighted by Gasteiger charge is 2.10. The summed E-state index contributed by atoms with van der Waals surface area (Å²) < 4.78 is 4.67. The Hall–Kier alpha value is -2.60. The second kappa shape index (κ2) is 7.42.